The Kier molecular flexibility index (Phi) is 3.27. The van der Waals surface area contributed by atoms with Gasteiger partial charge in [0, 0.05) is 17.2 Å². The van der Waals surface area contributed by atoms with Gasteiger partial charge in [-0.2, -0.15) is 0 Å². The number of alkyl halides is 1. The molecule has 4 fully saturated rings. The number of halogens is 1. The van der Waals surface area contributed by atoms with E-state index in [2.05, 4.69) is 13.8 Å². The maximum atomic E-state index is 12.4. The number of ketones is 1. The minimum atomic E-state index is 0.0358. The third kappa shape index (κ3) is 1.92. The summed E-state index contributed by atoms with van der Waals surface area (Å²) < 4.78 is 0. The zero-order valence-corrected chi connectivity index (χ0v) is 14.3. The molecule has 0 amide bonds. The van der Waals surface area contributed by atoms with Gasteiger partial charge in [-0.25, -0.2) is 0 Å². The summed E-state index contributed by atoms with van der Waals surface area (Å²) in [6.45, 7) is 4.85. The molecule has 0 bridgehead atoms. The fraction of sp³-hybridized carbons (Fsp3) is 0.947. The maximum Gasteiger partial charge on any atom is 0.139 e. The summed E-state index contributed by atoms with van der Waals surface area (Å²) in [4.78, 5) is 12.4. The molecule has 118 valence electrons. The van der Waals surface area contributed by atoms with Gasteiger partial charge in [-0.3, -0.25) is 4.79 Å². The average Bonchev–Trinajstić information content (AvgIpc) is 2.76. The summed E-state index contributed by atoms with van der Waals surface area (Å²) >= 11 is 6.46. The summed E-state index contributed by atoms with van der Waals surface area (Å²) in [5.41, 5.74) is 0.551. The van der Waals surface area contributed by atoms with Crippen LogP contribution in [0.5, 0.6) is 0 Å². The van der Waals surface area contributed by atoms with E-state index in [0.717, 1.165) is 30.6 Å². The van der Waals surface area contributed by atoms with Crippen molar-refractivity contribution in [1.82, 2.24) is 0 Å². The third-order valence-electron chi connectivity index (χ3n) is 8.31. The van der Waals surface area contributed by atoms with Crippen molar-refractivity contribution in [3.63, 3.8) is 0 Å². The molecule has 0 saturated heterocycles. The van der Waals surface area contributed by atoms with Crippen LogP contribution >= 0.6 is 11.6 Å². The Morgan fingerprint density at radius 3 is 2.62 bits per heavy atom. The van der Waals surface area contributed by atoms with E-state index in [1.165, 1.54) is 44.9 Å². The molecule has 7 atom stereocenters. The van der Waals surface area contributed by atoms with Crippen LogP contribution in [0.25, 0.3) is 0 Å². The van der Waals surface area contributed by atoms with Crippen molar-refractivity contribution in [3.05, 3.63) is 0 Å². The third-order valence-corrected chi connectivity index (χ3v) is 8.71. The van der Waals surface area contributed by atoms with E-state index in [1.807, 2.05) is 0 Å². The predicted molar refractivity (Wildman–Crippen MR) is 86.4 cm³/mol. The van der Waals surface area contributed by atoms with Gasteiger partial charge >= 0.3 is 0 Å². The molecule has 0 spiro atoms. The van der Waals surface area contributed by atoms with Crippen molar-refractivity contribution < 1.29 is 4.79 Å². The first-order chi connectivity index (χ1) is 9.95. The molecule has 0 aromatic heterocycles. The number of hydrogen-bond donors (Lipinski definition) is 0. The lowest BCUT2D eigenvalue weighted by Crippen LogP contribution is -2.53. The SMILES string of the molecule is C[C@]12CC[C@H](Cl)C[C@H]1CC[C@@H]1[C@@H]2CC[C@]2(C)C(=O)CC[C@@H]12. The Morgan fingerprint density at radius 1 is 1.00 bits per heavy atom. The van der Waals surface area contributed by atoms with Crippen molar-refractivity contribution in [2.24, 2.45) is 34.5 Å². The van der Waals surface area contributed by atoms with Crippen molar-refractivity contribution in [2.45, 2.75) is 77.0 Å². The zero-order chi connectivity index (χ0) is 14.8. The van der Waals surface area contributed by atoms with Crippen LogP contribution in [-0.2, 0) is 4.79 Å². The van der Waals surface area contributed by atoms with E-state index in [4.69, 9.17) is 11.6 Å². The largest absolute Gasteiger partial charge is 0.299 e. The second-order valence-corrected chi connectivity index (χ2v) is 9.56. The zero-order valence-electron chi connectivity index (χ0n) is 13.5. The molecule has 0 heterocycles. The number of rotatable bonds is 0. The molecule has 0 aromatic carbocycles. The maximum absolute atomic E-state index is 12.4. The minimum Gasteiger partial charge on any atom is -0.299 e. The summed E-state index contributed by atoms with van der Waals surface area (Å²) in [5.74, 6) is 3.79. The highest BCUT2D eigenvalue weighted by molar-refractivity contribution is 6.20. The molecule has 4 rings (SSSR count). The van der Waals surface area contributed by atoms with Gasteiger partial charge in [0.1, 0.15) is 5.78 Å². The normalized spacial score (nSPS) is 56.5. The lowest BCUT2D eigenvalue weighted by molar-refractivity contribution is -0.138. The van der Waals surface area contributed by atoms with E-state index in [0.29, 0.717) is 22.5 Å². The second-order valence-electron chi connectivity index (χ2n) is 8.95. The molecule has 4 aliphatic rings. The molecule has 21 heavy (non-hydrogen) atoms. The smallest absolute Gasteiger partial charge is 0.139 e. The Bertz CT molecular complexity index is 460. The molecule has 1 nitrogen and oxygen atoms in total. The Balaban J connectivity index is 1.64. The van der Waals surface area contributed by atoms with Gasteiger partial charge < -0.3 is 0 Å². The van der Waals surface area contributed by atoms with Crippen molar-refractivity contribution in [1.29, 1.82) is 0 Å². The lowest BCUT2D eigenvalue weighted by atomic mass is 9.45. The quantitative estimate of drug-likeness (QED) is 0.562. The van der Waals surface area contributed by atoms with Crippen LogP contribution in [-0.4, -0.2) is 11.2 Å². The number of carbonyl (C=O) groups excluding carboxylic acids is 1. The number of Topliss-reactive ketones (excluding diaryl/α,β-unsaturated/α-hetero) is 1. The highest BCUT2D eigenvalue weighted by Gasteiger charge is 2.60. The van der Waals surface area contributed by atoms with Crippen LogP contribution < -0.4 is 0 Å². The van der Waals surface area contributed by atoms with Crippen LogP contribution in [0.4, 0.5) is 0 Å². The highest BCUT2D eigenvalue weighted by Crippen LogP contribution is 2.65. The molecule has 0 N–H and O–H groups in total. The lowest BCUT2D eigenvalue weighted by Gasteiger charge is -2.60. The minimum absolute atomic E-state index is 0.0358. The predicted octanol–water partition coefficient (Wildman–Crippen LogP) is 5.21. The van der Waals surface area contributed by atoms with E-state index in [9.17, 15) is 4.79 Å². The van der Waals surface area contributed by atoms with Crippen molar-refractivity contribution >= 4 is 17.4 Å². The monoisotopic (exact) mass is 308 g/mol. The van der Waals surface area contributed by atoms with E-state index >= 15 is 0 Å². The van der Waals surface area contributed by atoms with E-state index in [1.54, 1.807) is 0 Å². The average molecular weight is 309 g/mol. The molecule has 0 unspecified atom stereocenters. The van der Waals surface area contributed by atoms with Gasteiger partial charge in [0.15, 0.2) is 0 Å². The summed E-state index contributed by atoms with van der Waals surface area (Å²) in [6, 6.07) is 0. The Hall–Kier alpha value is -0.0400. The fourth-order valence-corrected chi connectivity index (χ4v) is 7.30. The second kappa shape index (κ2) is 4.73. The van der Waals surface area contributed by atoms with Gasteiger partial charge in [0.25, 0.3) is 0 Å². The van der Waals surface area contributed by atoms with Gasteiger partial charge in [0.2, 0.25) is 0 Å². The first kappa shape index (κ1) is 14.5. The van der Waals surface area contributed by atoms with Crippen LogP contribution in [0.2, 0.25) is 0 Å². The molecular weight excluding hydrogens is 280 g/mol. The van der Waals surface area contributed by atoms with E-state index < -0.39 is 0 Å². The Labute approximate surface area is 134 Å². The topological polar surface area (TPSA) is 17.1 Å². The summed E-state index contributed by atoms with van der Waals surface area (Å²) in [7, 11) is 0. The van der Waals surface area contributed by atoms with Crippen LogP contribution in [0.15, 0.2) is 0 Å². The number of hydrogen-bond acceptors (Lipinski definition) is 1. The molecular formula is C19H29ClO. The molecule has 4 saturated carbocycles. The van der Waals surface area contributed by atoms with Crippen LogP contribution in [0.1, 0.15) is 71.6 Å². The standard InChI is InChI=1S/C19H29ClO/c1-18-9-7-13(20)11-12(18)3-4-14-15-5-6-17(21)19(15,2)10-8-16(14)18/h12-16H,3-11H2,1-2H3/t12-,13+,14+,15+,16+,18+,19+/m1/s1. The van der Waals surface area contributed by atoms with Gasteiger partial charge in [-0.15, -0.1) is 11.6 Å². The first-order valence-corrected chi connectivity index (χ1v) is 9.56. The highest BCUT2D eigenvalue weighted by atomic mass is 35.5. The number of fused-ring (bicyclic) bond motifs is 5. The Morgan fingerprint density at radius 2 is 1.81 bits per heavy atom. The van der Waals surface area contributed by atoms with Gasteiger partial charge in [0.05, 0.1) is 0 Å². The molecule has 2 heteroatoms. The molecule has 0 aromatic rings. The molecule has 4 aliphatic carbocycles. The fourth-order valence-electron chi connectivity index (χ4n) is 6.98. The van der Waals surface area contributed by atoms with Crippen LogP contribution in [0.3, 0.4) is 0 Å². The summed E-state index contributed by atoms with van der Waals surface area (Å²) in [6.07, 6.45) is 11.0. The van der Waals surface area contributed by atoms with Crippen molar-refractivity contribution in [3.8, 4) is 0 Å². The van der Waals surface area contributed by atoms with Gasteiger partial charge in [-0.1, -0.05) is 13.8 Å². The van der Waals surface area contributed by atoms with E-state index in [-0.39, 0.29) is 5.41 Å². The van der Waals surface area contributed by atoms with Crippen LogP contribution in [0, 0.1) is 34.5 Å². The molecule has 0 aliphatic heterocycles. The molecule has 0 radical (unpaired) electrons. The van der Waals surface area contributed by atoms with Crippen molar-refractivity contribution in [2.75, 3.05) is 0 Å². The number of carbonyl (C=O) groups is 1. The van der Waals surface area contributed by atoms with Gasteiger partial charge in [-0.05, 0) is 80.5 Å². The first-order valence-electron chi connectivity index (χ1n) is 9.12. The summed E-state index contributed by atoms with van der Waals surface area (Å²) in [5, 5.41) is 0.418.